The molecule has 0 bridgehead atoms. The van der Waals surface area contributed by atoms with E-state index in [0.717, 1.165) is 36.4 Å². The fraction of sp³-hybridized carbons (Fsp3) is 0.632. The molecule has 1 fully saturated rings. The number of aryl methyl sites for hydroxylation is 2. The van der Waals surface area contributed by atoms with Gasteiger partial charge in [-0.15, -0.1) is 0 Å². The molecular formula is C19H31N5. The van der Waals surface area contributed by atoms with Crippen LogP contribution in [0.25, 0.3) is 11.0 Å². The Kier molecular flexibility index (Phi) is 5.54. The molecule has 5 heteroatoms. The van der Waals surface area contributed by atoms with Gasteiger partial charge in [-0.3, -0.25) is 4.90 Å². The number of imidazole rings is 1. The van der Waals surface area contributed by atoms with Crippen LogP contribution in [-0.2, 0) is 6.42 Å². The normalized spacial score (nSPS) is 18.3. The van der Waals surface area contributed by atoms with Gasteiger partial charge in [-0.2, -0.15) is 0 Å². The van der Waals surface area contributed by atoms with Crippen molar-refractivity contribution in [3.63, 3.8) is 0 Å². The number of benzene rings is 1. The Labute approximate surface area is 145 Å². The van der Waals surface area contributed by atoms with Crippen LogP contribution in [0.3, 0.4) is 0 Å². The first kappa shape index (κ1) is 17.4. The van der Waals surface area contributed by atoms with Gasteiger partial charge in [-0.1, -0.05) is 6.07 Å². The summed E-state index contributed by atoms with van der Waals surface area (Å²) in [6.07, 6.45) is 0.945. The molecule has 1 saturated heterocycles. The highest BCUT2D eigenvalue weighted by atomic mass is 15.3. The van der Waals surface area contributed by atoms with Crippen LogP contribution in [0.5, 0.6) is 0 Å². The minimum atomic E-state index is 0.516. The maximum absolute atomic E-state index is 4.78. The molecule has 2 N–H and O–H groups in total. The molecule has 2 aromatic rings. The molecule has 0 saturated carbocycles. The summed E-state index contributed by atoms with van der Waals surface area (Å²) in [5.74, 6) is 1.08. The molecule has 0 aliphatic carbocycles. The summed E-state index contributed by atoms with van der Waals surface area (Å²) in [5.41, 5.74) is 4.86. The third kappa shape index (κ3) is 4.15. The van der Waals surface area contributed by atoms with E-state index in [1.807, 2.05) is 0 Å². The first-order chi connectivity index (χ1) is 11.5. The van der Waals surface area contributed by atoms with Crippen LogP contribution in [-0.4, -0.2) is 72.1 Å². The number of piperazine rings is 1. The van der Waals surface area contributed by atoms with Crippen LogP contribution in [0.1, 0.15) is 23.9 Å². The van der Waals surface area contributed by atoms with Gasteiger partial charge in [-0.05, 0) is 45.0 Å². The average molecular weight is 329 g/mol. The van der Waals surface area contributed by atoms with Gasteiger partial charge in [0.25, 0.3) is 0 Å². The van der Waals surface area contributed by atoms with Crippen molar-refractivity contribution < 1.29 is 0 Å². The minimum Gasteiger partial charge on any atom is -0.342 e. The first-order valence-electron chi connectivity index (χ1n) is 9.12. The molecule has 0 unspecified atom stereocenters. The zero-order valence-corrected chi connectivity index (χ0v) is 15.5. The Hall–Kier alpha value is -1.43. The highest BCUT2D eigenvalue weighted by molar-refractivity contribution is 5.79. The van der Waals surface area contributed by atoms with E-state index in [2.05, 4.69) is 60.1 Å². The second kappa shape index (κ2) is 7.64. The molecule has 0 spiro atoms. The number of aromatic nitrogens is 2. The van der Waals surface area contributed by atoms with E-state index in [1.165, 1.54) is 37.3 Å². The van der Waals surface area contributed by atoms with Crippen LogP contribution in [0, 0.1) is 13.8 Å². The number of likely N-dealkylation sites (N-methyl/N-ethyl adjacent to an activating group) is 1. The lowest BCUT2D eigenvalue weighted by molar-refractivity contribution is 0.144. The predicted octanol–water partition coefficient (Wildman–Crippen LogP) is 1.95. The van der Waals surface area contributed by atoms with Gasteiger partial charge in [0.05, 0.1) is 11.0 Å². The Morgan fingerprint density at radius 2 is 1.96 bits per heavy atom. The summed E-state index contributed by atoms with van der Waals surface area (Å²) < 4.78 is 0. The van der Waals surface area contributed by atoms with Crippen LogP contribution >= 0.6 is 0 Å². The second-order valence-electron chi connectivity index (χ2n) is 7.30. The molecule has 24 heavy (non-hydrogen) atoms. The topological polar surface area (TPSA) is 47.2 Å². The van der Waals surface area contributed by atoms with Gasteiger partial charge >= 0.3 is 0 Å². The third-order valence-electron chi connectivity index (χ3n) is 5.21. The van der Waals surface area contributed by atoms with Crippen molar-refractivity contribution in [3.8, 4) is 0 Å². The summed E-state index contributed by atoms with van der Waals surface area (Å²) in [6.45, 7) is 13.4. The molecule has 1 aliphatic rings. The van der Waals surface area contributed by atoms with Crippen molar-refractivity contribution in [3.05, 3.63) is 29.1 Å². The summed E-state index contributed by atoms with van der Waals surface area (Å²) >= 11 is 0. The third-order valence-corrected chi connectivity index (χ3v) is 5.21. The van der Waals surface area contributed by atoms with Gasteiger partial charge < -0.3 is 15.2 Å². The van der Waals surface area contributed by atoms with E-state index in [0.29, 0.717) is 6.04 Å². The summed E-state index contributed by atoms with van der Waals surface area (Å²) in [6, 6.07) is 4.81. The van der Waals surface area contributed by atoms with E-state index in [4.69, 9.17) is 4.98 Å². The lowest BCUT2D eigenvalue weighted by atomic mass is 10.1. The fourth-order valence-corrected chi connectivity index (χ4v) is 3.40. The van der Waals surface area contributed by atoms with Crippen molar-refractivity contribution in [2.45, 2.75) is 33.2 Å². The number of nitrogens with one attached hydrogen (secondary N) is 2. The smallest absolute Gasteiger partial charge is 0.108 e. The summed E-state index contributed by atoms with van der Waals surface area (Å²) in [4.78, 5) is 13.2. The molecule has 3 rings (SSSR count). The Morgan fingerprint density at radius 1 is 1.21 bits per heavy atom. The number of aromatic amines is 1. The molecule has 1 aromatic heterocycles. The molecule has 2 heterocycles. The lowest BCUT2D eigenvalue weighted by Gasteiger charge is -2.34. The van der Waals surface area contributed by atoms with Crippen LogP contribution in [0.2, 0.25) is 0 Å². The number of hydrogen-bond donors (Lipinski definition) is 2. The molecular weight excluding hydrogens is 298 g/mol. The molecule has 0 radical (unpaired) electrons. The molecule has 1 aliphatic heterocycles. The monoisotopic (exact) mass is 329 g/mol. The second-order valence-corrected chi connectivity index (χ2v) is 7.30. The summed E-state index contributed by atoms with van der Waals surface area (Å²) in [5, 5.41) is 3.64. The van der Waals surface area contributed by atoms with Crippen molar-refractivity contribution in [1.82, 2.24) is 25.1 Å². The van der Waals surface area contributed by atoms with Crippen molar-refractivity contribution in [1.29, 1.82) is 0 Å². The quantitative estimate of drug-likeness (QED) is 0.850. The average Bonchev–Trinajstić information content (AvgIpc) is 2.97. The number of rotatable bonds is 6. The molecule has 0 amide bonds. The number of H-pyrrole nitrogens is 1. The highest BCUT2D eigenvalue weighted by Crippen LogP contribution is 2.19. The van der Waals surface area contributed by atoms with E-state index >= 15 is 0 Å². The number of nitrogens with zero attached hydrogens (tertiary/aromatic N) is 3. The highest BCUT2D eigenvalue weighted by Gasteiger charge is 2.15. The zero-order valence-electron chi connectivity index (χ0n) is 15.5. The fourth-order valence-electron chi connectivity index (χ4n) is 3.40. The maximum Gasteiger partial charge on any atom is 0.108 e. The molecule has 1 atom stereocenters. The van der Waals surface area contributed by atoms with Gasteiger partial charge in [0, 0.05) is 51.7 Å². The number of fused-ring (bicyclic) bond motifs is 1. The largest absolute Gasteiger partial charge is 0.342 e. The minimum absolute atomic E-state index is 0.516. The Balaban J connectivity index is 1.47. The Bertz CT molecular complexity index is 670. The molecule has 1 aromatic carbocycles. The van der Waals surface area contributed by atoms with Crippen molar-refractivity contribution in [2.24, 2.45) is 0 Å². The van der Waals surface area contributed by atoms with Gasteiger partial charge in [-0.25, -0.2) is 4.98 Å². The van der Waals surface area contributed by atoms with Crippen molar-refractivity contribution in [2.75, 3.05) is 46.3 Å². The Morgan fingerprint density at radius 3 is 2.71 bits per heavy atom. The van der Waals surface area contributed by atoms with Crippen molar-refractivity contribution >= 4 is 11.0 Å². The standard InChI is InChI=1S/C19H31N5/c1-14-5-6-17-19(16(14)3)22-18(21-17)7-8-20-15(2)13-24-11-9-23(4)10-12-24/h5-6,15,20H,7-13H2,1-4H3,(H,21,22)/t15-/m1/s1. The first-order valence-corrected chi connectivity index (χ1v) is 9.12. The lowest BCUT2D eigenvalue weighted by Crippen LogP contribution is -2.49. The van der Waals surface area contributed by atoms with E-state index in [-0.39, 0.29) is 0 Å². The van der Waals surface area contributed by atoms with E-state index in [9.17, 15) is 0 Å². The van der Waals surface area contributed by atoms with Gasteiger partial charge in [0.1, 0.15) is 5.82 Å². The van der Waals surface area contributed by atoms with Crippen LogP contribution in [0.4, 0.5) is 0 Å². The van der Waals surface area contributed by atoms with Crippen LogP contribution in [0.15, 0.2) is 12.1 Å². The van der Waals surface area contributed by atoms with Crippen LogP contribution < -0.4 is 5.32 Å². The van der Waals surface area contributed by atoms with E-state index < -0.39 is 0 Å². The SMILES string of the molecule is Cc1ccc2[nH]c(CCN[C@H](C)CN3CCN(C)CC3)nc2c1C. The molecule has 5 nitrogen and oxygen atoms in total. The molecule has 132 valence electrons. The predicted molar refractivity (Wildman–Crippen MR) is 101 cm³/mol. The van der Waals surface area contributed by atoms with E-state index in [1.54, 1.807) is 0 Å². The maximum atomic E-state index is 4.78. The van der Waals surface area contributed by atoms with Gasteiger partial charge in [0.2, 0.25) is 0 Å². The number of hydrogen-bond acceptors (Lipinski definition) is 4. The van der Waals surface area contributed by atoms with Gasteiger partial charge in [0.15, 0.2) is 0 Å². The summed E-state index contributed by atoms with van der Waals surface area (Å²) in [7, 11) is 2.20. The zero-order chi connectivity index (χ0) is 17.1.